The molecule has 148 valence electrons. The minimum atomic E-state index is 0.306. The summed E-state index contributed by atoms with van der Waals surface area (Å²) in [5.41, 5.74) is 5.02. The van der Waals surface area contributed by atoms with Crippen LogP contribution in [-0.4, -0.2) is 10.0 Å². The van der Waals surface area contributed by atoms with Gasteiger partial charge in [0.2, 0.25) is 0 Å². The molecule has 0 fully saturated rings. The molecular formula is C27H23NO2. The molecule has 3 nitrogen and oxygen atoms in total. The summed E-state index contributed by atoms with van der Waals surface area (Å²) in [5.74, 6) is 0.306. The molecule has 5 aromatic rings. The van der Waals surface area contributed by atoms with Gasteiger partial charge in [-0.25, -0.2) is 0 Å². The maximum Gasteiger partial charge on any atom is 0.136 e. The Kier molecular flexibility index (Phi) is 4.96. The molecular weight excluding hydrogens is 370 g/mol. The normalized spacial score (nSPS) is 11.5. The fraction of sp³-hybridized carbons (Fsp3) is 0.111. The van der Waals surface area contributed by atoms with Gasteiger partial charge in [-0.3, -0.25) is 4.90 Å². The Morgan fingerprint density at radius 3 is 1.87 bits per heavy atom. The lowest BCUT2D eigenvalue weighted by molar-refractivity contribution is 0.244. The van der Waals surface area contributed by atoms with Gasteiger partial charge >= 0.3 is 0 Å². The van der Waals surface area contributed by atoms with Crippen LogP contribution in [0.4, 0.5) is 0 Å². The van der Waals surface area contributed by atoms with E-state index < -0.39 is 0 Å². The number of nitrogens with zero attached hydrogens (tertiary/aromatic N) is 1. The van der Waals surface area contributed by atoms with Crippen molar-refractivity contribution in [2.45, 2.75) is 19.6 Å². The molecule has 0 saturated heterocycles. The number of phenolic OH excluding ortho intramolecular Hbond substituents is 1. The van der Waals surface area contributed by atoms with Crippen molar-refractivity contribution in [3.8, 4) is 5.75 Å². The third-order valence-electron chi connectivity index (χ3n) is 5.47. The van der Waals surface area contributed by atoms with E-state index in [4.69, 9.17) is 4.42 Å². The lowest BCUT2D eigenvalue weighted by Gasteiger charge is -2.23. The second kappa shape index (κ2) is 8.05. The highest BCUT2D eigenvalue weighted by Crippen LogP contribution is 2.34. The zero-order chi connectivity index (χ0) is 20.3. The van der Waals surface area contributed by atoms with E-state index >= 15 is 0 Å². The number of benzene rings is 4. The fourth-order valence-electron chi connectivity index (χ4n) is 4.02. The Labute approximate surface area is 175 Å². The van der Waals surface area contributed by atoms with Gasteiger partial charge in [-0.15, -0.1) is 0 Å². The van der Waals surface area contributed by atoms with E-state index in [0.29, 0.717) is 12.3 Å². The summed E-state index contributed by atoms with van der Waals surface area (Å²) in [6.45, 7) is 2.23. The fourth-order valence-corrected chi connectivity index (χ4v) is 4.02. The van der Waals surface area contributed by atoms with Crippen molar-refractivity contribution < 1.29 is 9.52 Å². The minimum Gasteiger partial charge on any atom is -0.508 e. The summed E-state index contributed by atoms with van der Waals surface area (Å²) in [6.07, 6.45) is 0. The Bertz CT molecular complexity index is 1230. The van der Waals surface area contributed by atoms with Crippen molar-refractivity contribution in [3.63, 3.8) is 0 Å². The Morgan fingerprint density at radius 1 is 0.600 bits per heavy atom. The smallest absolute Gasteiger partial charge is 0.136 e. The van der Waals surface area contributed by atoms with Crippen LogP contribution in [-0.2, 0) is 19.6 Å². The Morgan fingerprint density at radius 2 is 1.20 bits per heavy atom. The standard InChI is InChI=1S/C27H23NO2/c29-25-16-24-23-13-7-8-14-26(23)30-27(24)15-22(25)19-28(17-20-9-3-1-4-10-20)18-21-11-5-2-6-12-21/h1-16,29H,17-19H2. The van der Waals surface area contributed by atoms with Gasteiger partial charge in [0.05, 0.1) is 0 Å². The van der Waals surface area contributed by atoms with Crippen LogP contribution >= 0.6 is 0 Å². The van der Waals surface area contributed by atoms with Crippen molar-refractivity contribution in [2.24, 2.45) is 0 Å². The number of hydrogen-bond acceptors (Lipinski definition) is 3. The van der Waals surface area contributed by atoms with Crippen LogP contribution in [0.1, 0.15) is 16.7 Å². The SMILES string of the molecule is Oc1cc2c(cc1CN(Cc1ccccc1)Cc1ccccc1)oc1ccccc12. The van der Waals surface area contributed by atoms with E-state index in [1.807, 2.05) is 48.5 Å². The molecule has 0 radical (unpaired) electrons. The topological polar surface area (TPSA) is 36.6 Å². The molecule has 0 amide bonds. The molecule has 3 heteroatoms. The molecule has 1 N–H and O–H groups in total. The number of fused-ring (bicyclic) bond motifs is 3. The van der Waals surface area contributed by atoms with E-state index in [2.05, 4.69) is 53.4 Å². The van der Waals surface area contributed by atoms with Gasteiger partial charge in [-0.05, 0) is 29.3 Å². The van der Waals surface area contributed by atoms with Crippen LogP contribution in [0.5, 0.6) is 5.75 Å². The first kappa shape index (κ1) is 18.5. The van der Waals surface area contributed by atoms with Crippen LogP contribution in [0, 0.1) is 0 Å². The monoisotopic (exact) mass is 393 g/mol. The maximum atomic E-state index is 10.8. The summed E-state index contributed by atoms with van der Waals surface area (Å²) < 4.78 is 6.04. The summed E-state index contributed by atoms with van der Waals surface area (Å²) in [4.78, 5) is 2.34. The molecule has 5 rings (SSSR count). The first-order valence-electron chi connectivity index (χ1n) is 10.2. The van der Waals surface area contributed by atoms with E-state index in [9.17, 15) is 5.11 Å². The lowest BCUT2D eigenvalue weighted by atomic mass is 10.1. The van der Waals surface area contributed by atoms with Crippen molar-refractivity contribution >= 4 is 21.9 Å². The van der Waals surface area contributed by atoms with Gasteiger partial charge in [0.15, 0.2) is 0 Å². The summed E-state index contributed by atoms with van der Waals surface area (Å²) in [7, 11) is 0. The highest BCUT2D eigenvalue weighted by molar-refractivity contribution is 6.05. The molecule has 0 aliphatic heterocycles. The summed E-state index contributed by atoms with van der Waals surface area (Å²) in [6, 6.07) is 32.6. The summed E-state index contributed by atoms with van der Waals surface area (Å²) in [5, 5.41) is 12.8. The molecule has 1 heterocycles. The number of para-hydroxylation sites is 1. The maximum absolute atomic E-state index is 10.8. The molecule has 0 atom stereocenters. The third kappa shape index (κ3) is 3.80. The second-order valence-electron chi connectivity index (χ2n) is 7.69. The number of rotatable bonds is 6. The summed E-state index contributed by atoms with van der Waals surface area (Å²) >= 11 is 0. The van der Waals surface area contributed by atoms with Gasteiger partial charge in [-0.1, -0.05) is 78.9 Å². The molecule has 30 heavy (non-hydrogen) atoms. The molecule has 0 aliphatic rings. The van der Waals surface area contributed by atoms with Crippen molar-refractivity contribution in [3.05, 3.63) is 114 Å². The molecule has 0 aliphatic carbocycles. The predicted molar refractivity (Wildman–Crippen MR) is 121 cm³/mol. The van der Waals surface area contributed by atoms with Crippen molar-refractivity contribution in [1.29, 1.82) is 0 Å². The van der Waals surface area contributed by atoms with Crippen LogP contribution in [0.2, 0.25) is 0 Å². The first-order valence-corrected chi connectivity index (χ1v) is 10.2. The van der Waals surface area contributed by atoms with E-state index in [-0.39, 0.29) is 0 Å². The first-order chi connectivity index (χ1) is 14.8. The zero-order valence-corrected chi connectivity index (χ0v) is 16.7. The van der Waals surface area contributed by atoms with Gasteiger partial charge in [-0.2, -0.15) is 0 Å². The number of hydrogen-bond donors (Lipinski definition) is 1. The quantitative estimate of drug-likeness (QED) is 0.358. The van der Waals surface area contributed by atoms with Gasteiger partial charge < -0.3 is 9.52 Å². The van der Waals surface area contributed by atoms with E-state index in [1.54, 1.807) is 0 Å². The van der Waals surface area contributed by atoms with Crippen LogP contribution < -0.4 is 0 Å². The lowest BCUT2D eigenvalue weighted by Crippen LogP contribution is -2.22. The van der Waals surface area contributed by atoms with Crippen molar-refractivity contribution in [1.82, 2.24) is 4.90 Å². The van der Waals surface area contributed by atoms with Crippen LogP contribution in [0.3, 0.4) is 0 Å². The number of phenols is 1. The molecule has 0 saturated carbocycles. The highest BCUT2D eigenvalue weighted by Gasteiger charge is 2.15. The largest absolute Gasteiger partial charge is 0.508 e. The Hall–Kier alpha value is -3.56. The van der Waals surface area contributed by atoms with Crippen LogP contribution in [0.25, 0.3) is 21.9 Å². The molecule has 0 spiro atoms. The third-order valence-corrected chi connectivity index (χ3v) is 5.47. The Balaban J connectivity index is 1.49. The number of furan rings is 1. The van der Waals surface area contributed by atoms with Gasteiger partial charge in [0.1, 0.15) is 16.9 Å². The average Bonchev–Trinajstić information content (AvgIpc) is 3.13. The number of aromatic hydroxyl groups is 1. The zero-order valence-electron chi connectivity index (χ0n) is 16.7. The minimum absolute atomic E-state index is 0.306. The van der Waals surface area contributed by atoms with Crippen molar-refractivity contribution in [2.75, 3.05) is 0 Å². The average molecular weight is 393 g/mol. The second-order valence-corrected chi connectivity index (χ2v) is 7.69. The highest BCUT2D eigenvalue weighted by atomic mass is 16.3. The van der Waals surface area contributed by atoms with Gasteiger partial charge in [0.25, 0.3) is 0 Å². The van der Waals surface area contributed by atoms with E-state index in [0.717, 1.165) is 40.6 Å². The molecule has 1 aromatic heterocycles. The molecule has 0 unspecified atom stereocenters. The molecule has 0 bridgehead atoms. The van der Waals surface area contributed by atoms with Crippen LogP contribution in [0.15, 0.2) is 101 Å². The van der Waals surface area contributed by atoms with Gasteiger partial charge in [0, 0.05) is 36.0 Å². The predicted octanol–water partition coefficient (Wildman–Crippen LogP) is 6.49. The van der Waals surface area contributed by atoms with E-state index in [1.165, 1.54) is 11.1 Å². The molecule has 4 aromatic carbocycles.